The van der Waals surface area contributed by atoms with E-state index in [1.54, 1.807) is 32.6 Å². The highest BCUT2D eigenvalue weighted by molar-refractivity contribution is 6.02. The Morgan fingerprint density at radius 3 is 2.67 bits per heavy atom. The number of nitrogens with zero attached hydrogens (tertiary/aromatic N) is 2. The first-order valence-corrected chi connectivity index (χ1v) is 8.46. The van der Waals surface area contributed by atoms with Gasteiger partial charge in [-0.2, -0.15) is 5.10 Å². The molecule has 0 atom stereocenters. The lowest BCUT2D eigenvalue weighted by atomic mass is 10.1. The molecule has 138 valence electrons. The summed E-state index contributed by atoms with van der Waals surface area (Å²) < 4.78 is 12.3. The Morgan fingerprint density at radius 2 is 1.93 bits per heavy atom. The zero-order valence-corrected chi connectivity index (χ0v) is 15.3. The number of amides is 1. The van der Waals surface area contributed by atoms with Crippen molar-refractivity contribution in [1.29, 1.82) is 0 Å². The monoisotopic (exact) mass is 363 g/mol. The van der Waals surface area contributed by atoms with E-state index in [0.29, 0.717) is 18.0 Å². The van der Waals surface area contributed by atoms with E-state index in [0.717, 1.165) is 16.8 Å². The van der Waals surface area contributed by atoms with E-state index < -0.39 is 0 Å². The molecule has 1 N–H and O–H groups in total. The number of hydrogen-bond donors (Lipinski definition) is 1. The highest BCUT2D eigenvalue weighted by Crippen LogP contribution is 2.28. The summed E-state index contributed by atoms with van der Waals surface area (Å²) in [6.07, 6.45) is 6.84. The van der Waals surface area contributed by atoms with E-state index in [1.807, 2.05) is 53.3 Å². The first-order valence-electron chi connectivity index (χ1n) is 8.46. The van der Waals surface area contributed by atoms with Gasteiger partial charge < -0.3 is 14.8 Å². The molecule has 2 aromatic carbocycles. The second-order valence-corrected chi connectivity index (χ2v) is 5.80. The summed E-state index contributed by atoms with van der Waals surface area (Å²) in [7, 11) is 3.16. The van der Waals surface area contributed by atoms with E-state index in [9.17, 15) is 4.79 Å². The predicted molar refractivity (Wildman–Crippen MR) is 105 cm³/mol. The second kappa shape index (κ2) is 8.71. The maximum Gasteiger partial charge on any atom is 0.248 e. The first-order chi connectivity index (χ1) is 13.2. The summed E-state index contributed by atoms with van der Waals surface area (Å²) in [6, 6.07) is 15.0. The number of rotatable bonds is 7. The smallest absolute Gasteiger partial charge is 0.248 e. The molecule has 6 heteroatoms. The zero-order chi connectivity index (χ0) is 19.1. The van der Waals surface area contributed by atoms with Crippen LogP contribution in [0.2, 0.25) is 0 Å². The molecule has 0 unspecified atom stereocenters. The molecule has 0 radical (unpaired) electrons. The maximum absolute atomic E-state index is 12.3. The SMILES string of the molecule is COc1ccc(/C=C/C(=O)Nc2ccccc2Cn2cccn2)cc1OC. The van der Waals surface area contributed by atoms with Gasteiger partial charge in [-0.3, -0.25) is 9.48 Å². The van der Waals surface area contributed by atoms with E-state index in [1.165, 1.54) is 6.08 Å². The van der Waals surface area contributed by atoms with Gasteiger partial charge in [-0.15, -0.1) is 0 Å². The molecule has 0 spiro atoms. The Morgan fingerprint density at radius 1 is 1.11 bits per heavy atom. The second-order valence-electron chi connectivity index (χ2n) is 5.80. The third-order valence-corrected chi connectivity index (χ3v) is 4.00. The number of nitrogens with one attached hydrogen (secondary N) is 1. The quantitative estimate of drug-likeness (QED) is 0.652. The molecular weight excluding hydrogens is 342 g/mol. The van der Waals surface area contributed by atoms with Crippen molar-refractivity contribution in [2.24, 2.45) is 0 Å². The number of carbonyl (C=O) groups excluding carboxylic acids is 1. The number of hydrogen-bond acceptors (Lipinski definition) is 4. The number of benzene rings is 2. The molecule has 1 heterocycles. The summed E-state index contributed by atoms with van der Waals surface area (Å²) >= 11 is 0. The van der Waals surface area contributed by atoms with Crippen molar-refractivity contribution in [2.75, 3.05) is 19.5 Å². The molecule has 0 saturated heterocycles. The Balaban J connectivity index is 1.70. The van der Waals surface area contributed by atoms with Crippen molar-refractivity contribution in [3.8, 4) is 11.5 Å². The van der Waals surface area contributed by atoms with Crippen molar-refractivity contribution in [3.05, 3.63) is 78.1 Å². The van der Waals surface area contributed by atoms with Crippen LogP contribution in [0.3, 0.4) is 0 Å². The van der Waals surface area contributed by atoms with Gasteiger partial charge in [0.2, 0.25) is 5.91 Å². The lowest BCUT2D eigenvalue weighted by molar-refractivity contribution is -0.111. The fourth-order valence-electron chi connectivity index (χ4n) is 2.65. The summed E-state index contributed by atoms with van der Waals surface area (Å²) in [5, 5.41) is 7.13. The Hall–Kier alpha value is -3.54. The molecule has 0 aliphatic heterocycles. The minimum Gasteiger partial charge on any atom is -0.493 e. The summed E-state index contributed by atoms with van der Waals surface area (Å²) in [4.78, 5) is 12.3. The molecule has 6 nitrogen and oxygen atoms in total. The molecule has 1 aromatic heterocycles. The van der Waals surface area contributed by atoms with Crippen LogP contribution in [0.4, 0.5) is 5.69 Å². The highest BCUT2D eigenvalue weighted by atomic mass is 16.5. The van der Waals surface area contributed by atoms with Crippen LogP contribution < -0.4 is 14.8 Å². The number of aromatic nitrogens is 2. The predicted octanol–water partition coefficient (Wildman–Crippen LogP) is 3.60. The van der Waals surface area contributed by atoms with Crippen molar-refractivity contribution >= 4 is 17.7 Å². The molecule has 1 amide bonds. The van der Waals surface area contributed by atoms with Crippen molar-refractivity contribution in [2.45, 2.75) is 6.54 Å². The molecule has 0 aliphatic rings. The molecule has 3 aromatic rings. The van der Waals surface area contributed by atoms with Gasteiger partial charge in [0.1, 0.15) is 0 Å². The fraction of sp³-hybridized carbons (Fsp3) is 0.143. The summed E-state index contributed by atoms with van der Waals surface area (Å²) in [5.74, 6) is 1.05. The van der Waals surface area contributed by atoms with Crippen LogP contribution in [0, 0.1) is 0 Å². The third-order valence-electron chi connectivity index (χ3n) is 4.00. The van der Waals surface area contributed by atoms with Crippen LogP contribution in [0.15, 0.2) is 67.0 Å². The van der Waals surface area contributed by atoms with Crippen LogP contribution in [-0.2, 0) is 11.3 Å². The molecule has 0 aliphatic carbocycles. The van der Waals surface area contributed by atoms with Crippen molar-refractivity contribution < 1.29 is 14.3 Å². The summed E-state index contributed by atoms with van der Waals surface area (Å²) in [5.41, 5.74) is 2.58. The van der Waals surface area contributed by atoms with Crippen LogP contribution >= 0.6 is 0 Å². The van der Waals surface area contributed by atoms with E-state index in [2.05, 4.69) is 10.4 Å². The number of para-hydroxylation sites is 1. The summed E-state index contributed by atoms with van der Waals surface area (Å²) in [6.45, 7) is 0.586. The molecule has 0 saturated carbocycles. The van der Waals surface area contributed by atoms with Crippen molar-refractivity contribution in [1.82, 2.24) is 9.78 Å². The fourth-order valence-corrected chi connectivity index (χ4v) is 2.65. The largest absolute Gasteiger partial charge is 0.493 e. The van der Waals surface area contributed by atoms with Gasteiger partial charge in [-0.25, -0.2) is 0 Å². The molecule has 0 fully saturated rings. The molecular formula is C21H21N3O3. The van der Waals surface area contributed by atoms with E-state index >= 15 is 0 Å². The first kappa shape index (κ1) is 18.3. The highest BCUT2D eigenvalue weighted by Gasteiger charge is 2.06. The number of methoxy groups -OCH3 is 2. The van der Waals surface area contributed by atoms with Crippen LogP contribution in [0.1, 0.15) is 11.1 Å². The molecule has 3 rings (SSSR count). The lowest BCUT2D eigenvalue weighted by Gasteiger charge is -2.10. The maximum atomic E-state index is 12.3. The minimum absolute atomic E-state index is 0.210. The number of carbonyl (C=O) groups is 1. The van der Waals surface area contributed by atoms with Crippen LogP contribution in [-0.4, -0.2) is 29.9 Å². The molecule has 27 heavy (non-hydrogen) atoms. The standard InChI is InChI=1S/C21H21N3O3/c1-26-19-10-8-16(14-20(19)27-2)9-11-21(25)23-18-7-4-3-6-17(18)15-24-13-5-12-22-24/h3-14H,15H2,1-2H3,(H,23,25)/b11-9+. The normalized spacial score (nSPS) is 10.7. The topological polar surface area (TPSA) is 65.4 Å². The Bertz CT molecular complexity index is 934. The third kappa shape index (κ3) is 4.76. The average molecular weight is 363 g/mol. The van der Waals surface area contributed by atoms with Crippen LogP contribution in [0.5, 0.6) is 11.5 Å². The van der Waals surface area contributed by atoms with Gasteiger partial charge >= 0.3 is 0 Å². The van der Waals surface area contributed by atoms with Gasteiger partial charge in [-0.1, -0.05) is 24.3 Å². The Kier molecular flexibility index (Phi) is 5.89. The lowest BCUT2D eigenvalue weighted by Crippen LogP contribution is -2.11. The average Bonchev–Trinajstić information content (AvgIpc) is 3.20. The van der Waals surface area contributed by atoms with Gasteiger partial charge in [0, 0.05) is 24.2 Å². The van der Waals surface area contributed by atoms with E-state index in [-0.39, 0.29) is 5.91 Å². The Labute approximate surface area is 158 Å². The van der Waals surface area contributed by atoms with Gasteiger partial charge in [0.25, 0.3) is 0 Å². The van der Waals surface area contributed by atoms with Gasteiger partial charge in [0.05, 0.1) is 20.8 Å². The van der Waals surface area contributed by atoms with Crippen LogP contribution in [0.25, 0.3) is 6.08 Å². The number of anilines is 1. The molecule has 0 bridgehead atoms. The minimum atomic E-state index is -0.210. The number of ether oxygens (including phenoxy) is 2. The van der Waals surface area contributed by atoms with E-state index in [4.69, 9.17) is 9.47 Å². The zero-order valence-electron chi connectivity index (χ0n) is 15.3. The van der Waals surface area contributed by atoms with Gasteiger partial charge in [0.15, 0.2) is 11.5 Å². The van der Waals surface area contributed by atoms with Crippen molar-refractivity contribution in [3.63, 3.8) is 0 Å². The van der Waals surface area contributed by atoms with Gasteiger partial charge in [-0.05, 0) is 41.5 Å².